The maximum atomic E-state index is 12.9. The quantitative estimate of drug-likeness (QED) is 0.908. The van der Waals surface area contributed by atoms with Gasteiger partial charge in [0.05, 0.1) is 5.54 Å². The molecule has 1 aromatic rings. The molecule has 5 rings (SSSR count). The van der Waals surface area contributed by atoms with Crippen molar-refractivity contribution >= 4 is 12.0 Å². The minimum atomic E-state index is -0.345. The van der Waals surface area contributed by atoms with Crippen LogP contribution in [-0.2, 0) is 14.9 Å². The summed E-state index contributed by atoms with van der Waals surface area (Å²) in [4.78, 5) is 26.3. The number of benzene rings is 1. The number of piperidine rings is 1. The summed E-state index contributed by atoms with van der Waals surface area (Å²) in [7, 11) is 0. The van der Waals surface area contributed by atoms with E-state index in [1.807, 2.05) is 0 Å². The number of carbonyl (C=O) groups is 2. The molecule has 1 spiro atoms. The molecular formula is C21H26N2O3. The van der Waals surface area contributed by atoms with E-state index < -0.39 is 0 Å². The Balaban J connectivity index is 1.26. The fourth-order valence-electron chi connectivity index (χ4n) is 5.33. The molecule has 0 bridgehead atoms. The van der Waals surface area contributed by atoms with Gasteiger partial charge in [0.2, 0.25) is 5.91 Å². The Morgan fingerprint density at radius 1 is 1.31 bits per heavy atom. The molecule has 1 aromatic carbocycles. The van der Waals surface area contributed by atoms with Crippen LogP contribution in [0.25, 0.3) is 0 Å². The second-order valence-corrected chi connectivity index (χ2v) is 9.14. The molecule has 4 aliphatic rings. The third kappa shape index (κ3) is 2.29. The Bertz CT molecular complexity index is 783. The molecule has 2 aliphatic carbocycles. The average molecular weight is 354 g/mol. The van der Waals surface area contributed by atoms with Crippen LogP contribution < -0.4 is 5.32 Å². The van der Waals surface area contributed by atoms with E-state index in [2.05, 4.69) is 48.3 Å². The van der Waals surface area contributed by atoms with Crippen LogP contribution in [0.4, 0.5) is 4.79 Å². The number of ether oxygens (including phenoxy) is 1. The third-order valence-electron chi connectivity index (χ3n) is 7.06. The smallest absolute Gasteiger partial charge is 0.407 e. The zero-order chi connectivity index (χ0) is 18.1. The first-order valence-corrected chi connectivity index (χ1v) is 9.75. The van der Waals surface area contributed by atoms with Crippen molar-refractivity contribution in [3.63, 3.8) is 0 Å². The second-order valence-electron chi connectivity index (χ2n) is 9.14. The van der Waals surface area contributed by atoms with E-state index in [0.29, 0.717) is 31.3 Å². The molecule has 26 heavy (non-hydrogen) atoms. The normalized spacial score (nSPS) is 37.3. The summed E-state index contributed by atoms with van der Waals surface area (Å²) < 4.78 is 5.02. The largest absolute Gasteiger partial charge is 0.447 e. The SMILES string of the molecule is CC(C)c1cccc([C@@]23CC2CN(C(=O)C2CC4(COC(=O)N4)C2)C3)c1. The van der Waals surface area contributed by atoms with Gasteiger partial charge in [0.1, 0.15) is 6.61 Å². The highest BCUT2D eigenvalue weighted by molar-refractivity contribution is 5.82. The van der Waals surface area contributed by atoms with Crippen molar-refractivity contribution < 1.29 is 14.3 Å². The number of fused-ring (bicyclic) bond motifs is 1. The van der Waals surface area contributed by atoms with Crippen molar-refractivity contribution in [1.82, 2.24) is 10.2 Å². The van der Waals surface area contributed by atoms with Gasteiger partial charge in [-0.2, -0.15) is 0 Å². The molecule has 2 amide bonds. The lowest BCUT2D eigenvalue weighted by Gasteiger charge is -2.43. The van der Waals surface area contributed by atoms with E-state index in [0.717, 1.165) is 13.1 Å². The molecule has 138 valence electrons. The zero-order valence-electron chi connectivity index (χ0n) is 15.5. The number of alkyl carbamates (subject to hydrolysis) is 1. The van der Waals surface area contributed by atoms with E-state index in [-0.39, 0.29) is 28.9 Å². The zero-order valence-corrected chi connectivity index (χ0v) is 15.5. The van der Waals surface area contributed by atoms with Crippen molar-refractivity contribution in [3.05, 3.63) is 35.4 Å². The molecule has 2 saturated heterocycles. The lowest BCUT2D eigenvalue weighted by Crippen LogP contribution is -2.58. The van der Waals surface area contributed by atoms with Crippen LogP contribution in [0.5, 0.6) is 0 Å². The first kappa shape index (κ1) is 16.2. The molecule has 5 nitrogen and oxygen atoms in total. The molecular weight excluding hydrogens is 328 g/mol. The predicted molar refractivity (Wildman–Crippen MR) is 96.8 cm³/mol. The van der Waals surface area contributed by atoms with Crippen LogP contribution in [0.1, 0.15) is 50.2 Å². The summed E-state index contributed by atoms with van der Waals surface area (Å²) in [6, 6.07) is 8.95. The highest BCUT2D eigenvalue weighted by Crippen LogP contribution is 2.59. The van der Waals surface area contributed by atoms with Gasteiger partial charge in [-0.25, -0.2) is 4.79 Å². The minimum Gasteiger partial charge on any atom is -0.447 e. The van der Waals surface area contributed by atoms with Crippen molar-refractivity contribution in [1.29, 1.82) is 0 Å². The van der Waals surface area contributed by atoms with Crippen molar-refractivity contribution in [2.75, 3.05) is 19.7 Å². The van der Waals surface area contributed by atoms with Gasteiger partial charge in [-0.1, -0.05) is 38.1 Å². The number of likely N-dealkylation sites (tertiary alicyclic amines) is 1. The van der Waals surface area contributed by atoms with Gasteiger partial charge in [-0.15, -0.1) is 0 Å². The van der Waals surface area contributed by atoms with Crippen LogP contribution in [-0.4, -0.2) is 42.1 Å². The molecule has 2 heterocycles. The van der Waals surface area contributed by atoms with Gasteiger partial charge in [0.15, 0.2) is 0 Å². The van der Waals surface area contributed by atoms with Gasteiger partial charge in [0.25, 0.3) is 0 Å². The van der Waals surface area contributed by atoms with E-state index in [1.165, 1.54) is 17.5 Å². The van der Waals surface area contributed by atoms with Crippen molar-refractivity contribution in [3.8, 4) is 0 Å². The first-order valence-electron chi connectivity index (χ1n) is 9.75. The van der Waals surface area contributed by atoms with Gasteiger partial charge in [-0.3, -0.25) is 4.79 Å². The van der Waals surface area contributed by atoms with E-state index in [4.69, 9.17) is 4.74 Å². The second kappa shape index (κ2) is 5.24. The molecule has 2 aliphatic heterocycles. The fourth-order valence-corrected chi connectivity index (χ4v) is 5.33. The highest BCUT2D eigenvalue weighted by atomic mass is 16.6. The number of amides is 2. The molecule has 5 heteroatoms. The fraction of sp³-hybridized carbons (Fsp3) is 0.619. The Morgan fingerprint density at radius 2 is 2.12 bits per heavy atom. The van der Waals surface area contributed by atoms with Crippen LogP contribution in [0, 0.1) is 11.8 Å². The standard InChI is InChI=1S/C21H26N2O3/c1-13(2)14-4-3-5-16(6-14)21-9-17(21)10-23(11-21)18(24)15-7-20(8-15)12-26-19(25)22-20/h3-6,13,15,17H,7-12H2,1-2H3,(H,22,25)/t15?,17?,20?,21-/m0/s1. The summed E-state index contributed by atoms with van der Waals surface area (Å²) >= 11 is 0. The highest BCUT2D eigenvalue weighted by Gasteiger charge is 2.63. The Hall–Kier alpha value is -2.04. The molecule has 2 atom stereocenters. The summed E-state index contributed by atoms with van der Waals surface area (Å²) in [6.07, 6.45) is 2.29. The van der Waals surface area contributed by atoms with Crippen LogP contribution >= 0.6 is 0 Å². The third-order valence-corrected chi connectivity index (χ3v) is 7.06. The van der Waals surface area contributed by atoms with Crippen molar-refractivity contribution in [2.24, 2.45) is 11.8 Å². The monoisotopic (exact) mass is 354 g/mol. The Labute approximate surface area is 154 Å². The predicted octanol–water partition coefficient (Wildman–Crippen LogP) is 2.80. The molecule has 1 N–H and O–H groups in total. The minimum absolute atomic E-state index is 0.0357. The van der Waals surface area contributed by atoms with Gasteiger partial charge in [-0.05, 0) is 42.2 Å². The Morgan fingerprint density at radius 3 is 2.81 bits per heavy atom. The van der Waals surface area contributed by atoms with Gasteiger partial charge < -0.3 is 15.0 Å². The summed E-state index contributed by atoms with van der Waals surface area (Å²) in [5.74, 6) is 1.44. The van der Waals surface area contributed by atoms with E-state index in [1.54, 1.807) is 0 Å². The number of nitrogens with one attached hydrogen (secondary N) is 1. The molecule has 4 fully saturated rings. The maximum Gasteiger partial charge on any atom is 0.407 e. The number of hydrogen-bond donors (Lipinski definition) is 1. The number of hydrogen-bond acceptors (Lipinski definition) is 3. The van der Waals surface area contributed by atoms with E-state index >= 15 is 0 Å². The molecule has 2 saturated carbocycles. The molecule has 0 radical (unpaired) electrons. The van der Waals surface area contributed by atoms with Crippen LogP contribution in [0.15, 0.2) is 24.3 Å². The summed E-state index contributed by atoms with van der Waals surface area (Å²) in [6.45, 7) is 6.60. The van der Waals surface area contributed by atoms with Gasteiger partial charge in [0, 0.05) is 24.4 Å². The average Bonchev–Trinajstić information content (AvgIpc) is 2.96. The lowest BCUT2D eigenvalue weighted by molar-refractivity contribution is -0.140. The Kier molecular flexibility index (Phi) is 3.26. The topological polar surface area (TPSA) is 58.6 Å². The molecule has 0 aromatic heterocycles. The maximum absolute atomic E-state index is 12.9. The molecule has 1 unspecified atom stereocenters. The first-order chi connectivity index (χ1) is 12.4. The van der Waals surface area contributed by atoms with Gasteiger partial charge >= 0.3 is 6.09 Å². The van der Waals surface area contributed by atoms with E-state index in [9.17, 15) is 9.59 Å². The summed E-state index contributed by atoms with van der Waals surface area (Å²) in [5.41, 5.74) is 2.70. The van der Waals surface area contributed by atoms with Crippen LogP contribution in [0.3, 0.4) is 0 Å². The summed E-state index contributed by atoms with van der Waals surface area (Å²) in [5, 5.41) is 2.88. The van der Waals surface area contributed by atoms with Crippen molar-refractivity contribution in [2.45, 2.75) is 50.0 Å². The number of nitrogens with zero attached hydrogens (tertiary/aromatic N) is 1. The lowest BCUT2D eigenvalue weighted by atomic mass is 9.68. The number of rotatable bonds is 3. The number of cyclic esters (lactones) is 1. The van der Waals surface area contributed by atoms with Crippen LogP contribution in [0.2, 0.25) is 0 Å². The number of carbonyl (C=O) groups excluding carboxylic acids is 2.